The minimum atomic E-state index is -1.99. The van der Waals surface area contributed by atoms with Crippen molar-refractivity contribution in [3.63, 3.8) is 0 Å². The average Bonchev–Trinajstić information content (AvgIpc) is 3.25. The number of ether oxygens (including phenoxy) is 2. The molecule has 1 aliphatic carbocycles. The minimum Gasteiger partial charge on any atom is -0.455 e. The summed E-state index contributed by atoms with van der Waals surface area (Å²) < 4.78 is 24.7. The zero-order chi connectivity index (χ0) is 21.7. The molecule has 0 aromatic heterocycles. The van der Waals surface area contributed by atoms with E-state index in [1.807, 2.05) is 6.08 Å². The van der Waals surface area contributed by atoms with Crippen molar-refractivity contribution in [3.8, 4) is 0 Å². The molecule has 0 aromatic carbocycles. The highest BCUT2D eigenvalue weighted by atomic mass is 28.4. The standard InChI is InChI=1S/C21H40O5Si2/c1-14(22)24-16-12-15(13-23-27(8,9)20(2,3)4)17(19-18(16)25-19)26-28(10,11)21(5,6)7/h12,16-19H,13H2,1-11H3/t16-,17-,18+,19-/m0/s1. The van der Waals surface area contributed by atoms with Crippen LogP contribution in [-0.2, 0) is 23.1 Å². The van der Waals surface area contributed by atoms with Crippen LogP contribution in [0.25, 0.3) is 0 Å². The maximum absolute atomic E-state index is 11.5. The van der Waals surface area contributed by atoms with Crippen molar-refractivity contribution in [3.05, 3.63) is 11.6 Å². The van der Waals surface area contributed by atoms with Crippen molar-refractivity contribution < 1.29 is 23.1 Å². The van der Waals surface area contributed by atoms with Crippen molar-refractivity contribution in [2.75, 3.05) is 6.61 Å². The third kappa shape index (κ3) is 5.16. The van der Waals surface area contributed by atoms with Gasteiger partial charge in [-0.2, -0.15) is 0 Å². The Balaban J connectivity index is 2.26. The average molecular weight is 429 g/mol. The van der Waals surface area contributed by atoms with E-state index in [1.165, 1.54) is 6.92 Å². The highest BCUT2D eigenvalue weighted by Gasteiger charge is 2.57. The van der Waals surface area contributed by atoms with Crippen LogP contribution >= 0.6 is 0 Å². The quantitative estimate of drug-likeness (QED) is 0.257. The summed E-state index contributed by atoms with van der Waals surface area (Å²) >= 11 is 0. The Hall–Kier alpha value is -0.476. The summed E-state index contributed by atoms with van der Waals surface area (Å²) in [4.78, 5) is 11.5. The first kappa shape index (κ1) is 23.8. The van der Waals surface area contributed by atoms with E-state index in [2.05, 4.69) is 67.7 Å². The maximum atomic E-state index is 11.5. The third-order valence-corrected chi connectivity index (χ3v) is 15.8. The van der Waals surface area contributed by atoms with E-state index in [1.54, 1.807) is 0 Å². The monoisotopic (exact) mass is 428 g/mol. The molecule has 0 N–H and O–H groups in total. The molecule has 1 saturated heterocycles. The minimum absolute atomic E-state index is 0.0542. The lowest BCUT2D eigenvalue weighted by atomic mass is 9.95. The molecule has 0 spiro atoms. The number of rotatable bonds is 6. The summed E-state index contributed by atoms with van der Waals surface area (Å²) in [7, 11) is -3.90. The summed E-state index contributed by atoms with van der Waals surface area (Å²) in [5.74, 6) is -0.288. The fraction of sp³-hybridized carbons (Fsp3) is 0.857. The Kier molecular flexibility index (Phi) is 6.50. The van der Waals surface area contributed by atoms with Crippen molar-refractivity contribution in [2.24, 2.45) is 0 Å². The molecule has 0 unspecified atom stereocenters. The Morgan fingerprint density at radius 3 is 2.00 bits per heavy atom. The fourth-order valence-electron chi connectivity index (χ4n) is 2.80. The molecule has 7 heteroatoms. The summed E-state index contributed by atoms with van der Waals surface area (Å²) in [6.45, 7) is 24.4. The summed E-state index contributed by atoms with van der Waals surface area (Å²) in [6, 6.07) is 0. The molecule has 1 heterocycles. The van der Waals surface area contributed by atoms with Gasteiger partial charge in [-0.25, -0.2) is 0 Å². The molecule has 0 bridgehead atoms. The predicted molar refractivity (Wildman–Crippen MR) is 118 cm³/mol. The van der Waals surface area contributed by atoms with Gasteiger partial charge < -0.3 is 18.3 Å². The molecule has 0 saturated carbocycles. The SMILES string of the molecule is CC(=O)O[C@H]1C=C(CO[Si](C)(C)C(C)(C)C)[C@H](O[Si](C)(C)C(C)(C)C)[C@@H]2O[C@@H]21. The number of carbonyl (C=O) groups is 1. The van der Waals surface area contributed by atoms with Crippen molar-refractivity contribution in [2.45, 2.75) is 109 Å². The van der Waals surface area contributed by atoms with Gasteiger partial charge in [0, 0.05) is 6.92 Å². The lowest BCUT2D eigenvalue weighted by molar-refractivity contribution is -0.145. The van der Waals surface area contributed by atoms with Crippen molar-refractivity contribution >= 4 is 22.6 Å². The number of hydrogen-bond donors (Lipinski definition) is 0. The number of hydrogen-bond acceptors (Lipinski definition) is 5. The molecule has 162 valence electrons. The van der Waals surface area contributed by atoms with Gasteiger partial charge in [0.15, 0.2) is 16.6 Å². The first-order valence-electron chi connectivity index (χ1n) is 10.3. The number of fused-ring (bicyclic) bond motifs is 1. The molecule has 5 nitrogen and oxygen atoms in total. The van der Waals surface area contributed by atoms with Crippen LogP contribution in [0.15, 0.2) is 11.6 Å². The van der Waals surface area contributed by atoms with Crippen LogP contribution in [0.5, 0.6) is 0 Å². The van der Waals surface area contributed by atoms with Gasteiger partial charge in [-0.1, -0.05) is 41.5 Å². The van der Waals surface area contributed by atoms with Crippen LogP contribution < -0.4 is 0 Å². The molecule has 0 amide bonds. The Morgan fingerprint density at radius 1 is 1.00 bits per heavy atom. The van der Waals surface area contributed by atoms with Gasteiger partial charge in [0.1, 0.15) is 18.3 Å². The van der Waals surface area contributed by atoms with Gasteiger partial charge in [-0.15, -0.1) is 0 Å². The zero-order valence-electron chi connectivity index (χ0n) is 19.6. The maximum Gasteiger partial charge on any atom is 0.303 e. The second-order valence-electron chi connectivity index (χ2n) is 11.2. The molecule has 0 aromatic rings. The van der Waals surface area contributed by atoms with E-state index in [-0.39, 0.29) is 40.5 Å². The van der Waals surface area contributed by atoms with E-state index in [0.29, 0.717) is 6.61 Å². The molecule has 28 heavy (non-hydrogen) atoms. The first-order valence-corrected chi connectivity index (χ1v) is 16.1. The van der Waals surface area contributed by atoms with Crippen LogP contribution in [-0.4, -0.2) is 53.6 Å². The molecule has 2 aliphatic rings. The molecule has 0 radical (unpaired) electrons. The van der Waals surface area contributed by atoms with Crippen molar-refractivity contribution in [1.82, 2.24) is 0 Å². The van der Waals surface area contributed by atoms with Crippen LogP contribution in [0.2, 0.25) is 36.3 Å². The molecule has 2 rings (SSSR count). The Morgan fingerprint density at radius 2 is 1.54 bits per heavy atom. The van der Waals surface area contributed by atoms with Crippen molar-refractivity contribution in [1.29, 1.82) is 0 Å². The second kappa shape index (κ2) is 7.65. The van der Waals surface area contributed by atoms with Gasteiger partial charge in [-0.3, -0.25) is 4.79 Å². The summed E-state index contributed by atoms with van der Waals surface area (Å²) in [5.41, 5.74) is 1.06. The fourth-order valence-corrected chi connectivity index (χ4v) is 5.03. The predicted octanol–water partition coefficient (Wildman–Crippen LogP) is 5.04. The van der Waals surface area contributed by atoms with Crippen LogP contribution in [0.4, 0.5) is 0 Å². The Bertz CT molecular complexity index is 628. The highest BCUT2D eigenvalue weighted by Crippen LogP contribution is 2.45. The molecule has 1 fully saturated rings. The Labute approximate surface area is 173 Å². The van der Waals surface area contributed by atoms with E-state index >= 15 is 0 Å². The normalized spacial score (nSPS) is 28.5. The number of carbonyl (C=O) groups excluding carboxylic acids is 1. The van der Waals surface area contributed by atoms with Gasteiger partial charge in [0.2, 0.25) is 0 Å². The van der Waals surface area contributed by atoms with Crippen LogP contribution in [0.1, 0.15) is 48.5 Å². The van der Waals surface area contributed by atoms with Gasteiger partial charge in [0.25, 0.3) is 0 Å². The summed E-state index contributed by atoms with van der Waals surface area (Å²) in [5, 5.41) is 0.238. The molecule has 4 atom stereocenters. The zero-order valence-corrected chi connectivity index (χ0v) is 21.6. The number of esters is 1. The second-order valence-corrected chi connectivity index (χ2v) is 20.8. The van der Waals surface area contributed by atoms with Gasteiger partial charge >= 0.3 is 5.97 Å². The molecular formula is C21H40O5Si2. The van der Waals surface area contributed by atoms with E-state index < -0.39 is 16.6 Å². The highest BCUT2D eigenvalue weighted by molar-refractivity contribution is 6.74. The van der Waals surface area contributed by atoms with Gasteiger partial charge in [0.05, 0.1) is 12.7 Å². The lowest BCUT2D eigenvalue weighted by Crippen LogP contribution is -2.49. The van der Waals surface area contributed by atoms with Crippen LogP contribution in [0.3, 0.4) is 0 Å². The van der Waals surface area contributed by atoms with E-state index in [9.17, 15) is 4.79 Å². The smallest absolute Gasteiger partial charge is 0.303 e. The third-order valence-electron chi connectivity index (χ3n) is 6.86. The number of epoxide rings is 1. The first-order chi connectivity index (χ1) is 12.5. The van der Waals surface area contributed by atoms with E-state index in [0.717, 1.165) is 5.57 Å². The van der Waals surface area contributed by atoms with Gasteiger partial charge in [-0.05, 0) is 47.9 Å². The topological polar surface area (TPSA) is 57.3 Å². The summed E-state index contributed by atoms with van der Waals surface area (Å²) in [6.07, 6.45) is 1.39. The van der Waals surface area contributed by atoms with E-state index in [4.69, 9.17) is 18.3 Å². The lowest BCUT2D eigenvalue weighted by Gasteiger charge is -2.41. The largest absolute Gasteiger partial charge is 0.455 e. The molecule has 1 aliphatic heterocycles. The molecular weight excluding hydrogens is 388 g/mol. The van der Waals surface area contributed by atoms with Crippen LogP contribution in [0, 0.1) is 0 Å².